The van der Waals surface area contributed by atoms with Gasteiger partial charge in [-0.1, -0.05) is 93.3 Å². The summed E-state index contributed by atoms with van der Waals surface area (Å²) in [6.45, 7) is 2.27. The van der Waals surface area contributed by atoms with Crippen molar-refractivity contribution in [2.75, 3.05) is 0 Å². The Kier molecular flexibility index (Phi) is 7.59. The lowest BCUT2D eigenvalue weighted by molar-refractivity contribution is 0.607. The molecule has 0 aliphatic carbocycles. The molecule has 0 spiro atoms. The van der Waals surface area contributed by atoms with E-state index in [4.69, 9.17) is 0 Å². The van der Waals surface area contributed by atoms with Crippen LogP contribution in [0.25, 0.3) is 20.5 Å². The number of thiophene rings is 1. The Labute approximate surface area is 191 Å². The van der Waals surface area contributed by atoms with E-state index in [0.29, 0.717) is 0 Å². The molecule has 31 heavy (non-hydrogen) atoms. The molecule has 4 aromatic rings. The average Bonchev–Trinajstić information content (AvgIpc) is 3.25. The SMILES string of the molecule is CCCCCCCCc1ccc(C#Cc2ccc(-c3cc4ccccc4s3)cc2)cc1. The molecule has 0 saturated carbocycles. The van der Waals surface area contributed by atoms with Gasteiger partial charge in [-0.3, -0.25) is 0 Å². The van der Waals surface area contributed by atoms with Crippen molar-refractivity contribution in [3.63, 3.8) is 0 Å². The highest BCUT2D eigenvalue weighted by molar-refractivity contribution is 7.22. The highest BCUT2D eigenvalue weighted by Gasteiger charge is 2.03. The topological polar surface area (TPSA) is 0 Å². The fraction of sp³-hybridized carbons (Fsp3) is 0.267. The fourth-order valence-electron chi connectivity index (χ4n) is 3.85. The van der Waals surface area contributed by atoms with Crippen LogP contribution in [0.1, 0.15) is 62.1 Å². The second-order valence-corrected chi connectivity index (χ2v) is 9.27. The summed E-state index contributed by atoms with van der Waals surface area (Å²) in [5, 5.41) is 1.31. The molecule has 0 amide bonds. The van der Waals surface area contributed by atoms with Crippen LogP contribution in [0.3, 0.4) is 0 Å². The Balaban J connectivity index is 1.33. The van der Waals surface area contributed by atoms with E-state index >= 15 is 0 Å². The Bertz CT molecular complexity index is 1120. The normalized spacial score (nSPS) is 10.7. The van der Waals surface area contributed by atoms with Crippen LogP contribution < -0.4 is 0 Å². The van der Waals surface area contributed by atoms with Crippen LogP contribution in [0.15, 0.2) is 78.9 Å². The Morgan fingerprint density at radius 3 is 2.03 bits per heavy atom. The molecule has 1 aromatic heterocycles. The first-order chi connectivity index (χ1) is 15.3. The molecule has 1 heterocycles. The maximum Gasteiger partial charge on any atom is 0.0355 e. The van der Waals surface area contributed by atoms with Crippen molar-refractivity contribution < 1.29 is 0 Å². The van der Waals surface area contributed by atoms with Gasteiger partial charge in [-0.25, -0.2) is 0 Å². The smallest absolute Gasteiger partial charge is 0.0355 e. The molecule has 0 radical (unpaired) electrons. The average molecular weight is 423 g/mol. The molecule has 0 N–H and O–H groups in total. The van der Waals surface area contributed by atoms with Crippen LogP contribution in [0.4, 0.5) is 0 Å². The van der Waals surface area contributed by atoms with Crippen molar-refractivity contribution in [1.82, 2.24) is 0 Å². The Morgan fingerprint density at radius 1 is 0.677 bits per heavy atom. The summed E-state index contributed by atoms with van der Waals surface area (Å²) >= 11 is 1.84. The predicted octanol–water partition coefficient (Wildman–Crippen LogP) is 8.87. The molecule has 1 heteroatoms. The third kappa shape index (κ3) is 6.09. The number of unbranched alkanes of at least 4 members (excludes halogenated alkanes) is 5. The molecule has 0 aliphatic heterocycles. The van der Waals surface area contributed by atoms with Gasteiger partial charge in [0.05, 0.1) is 0 Å². The number of hydrogen-bond acceptors (Lipinski definition) is 1. The molecular weight excluding hydrogens is 392 g/mol. The lowest BCUT2D eigenvalue weighted by Gasteiger charge is -2.02. The monoisotopic (exact) mass is 422 g/mol. The molecule has 0 fully saturated rings. The number of hydrogen-bond donors (Lipinski definition) is 0. The van der Waals surface area contributed by atoms with Crippen molar-refractivity contribution in [1.29, 1.82) is 0 Å². The van der Waals surface area contributed by atoms with Gasteiger partial charge >= 0.3 is 0 Å². The van der Waals surface area contributed by atoms with Gasteiger partial charge in [0.15, 0.2) is 0 Å². The quantitative estimate of drug-likeness (QED) is 0.196. The summed E-state index contributed by atoms with van der Waals surface area (Å²) in [5.41, 5.74) is 4.82. The molecule has 3 aromatic carbocycles. The zero-order valence-electron chi connectivity index (χ0n) is 18.4. The summed E-state index contributed by atoms with van der Waals surface area (Å²) < 4.78 is 1.33. The van der Waals surface area contributed by atoms with E-state index in [-0.39, 0.29) is 0 Å². The molecule has 0 unspecified atom stereocenters. The number of rotatable bonds is 8. The minimum absolute atomic E-state index is 1.06. The zero-order chi connectivity index (χ0) is 21.3. The lowest BCUT2D eigenvalue weighted by atomic mass is 10.0. The van der Waals surface area contributed by atoms with Gasteiger partial charge in [-0.05, 0) is 65.8 Å². The molecule has 0 bridgehead atoms. The summed E-state index contributed by atoms with van der Waals surface area (Å²) in [7, 11) is 0. The van der Waals surface area contributed by atoms with Crippen LogP contribution in [0, 0.1) is 11.8 Å². The number of benzene rings is 3. The van der Waals surface area contributed by atoms with Crippen LogP contribution in [0.2, 0.25) is 0 Å². The first-order valence-corrected chi connectivity index (χ1v) is 12.3. The Hall–Kier alpha value is -2.82. The van der Waals surface area contributed by atoms with Crippen LogP contribution >= 0.6 is 11.3 Å². The van der Waals surface area contributed by atoms with Crippen molar-refractivity contribution in [2.24, 2.45) is 0 Å². The number of aryl methyl sites for hydroxylation is 1. The van der Waals surface area contributed by atoms with Crippen LogP contribution in [0.5, 0.6) is 0 Å². The second-order valence-electron chi connectivity index (χ2n) is 8.19. The molecule has 0 atom stereocenters. The largest absolute Gasteiger partial charge is 0.135 e. The highest BCUT2D eigenvalue weighted by atomic mass is 32.1. The zero-order valence-corrected chi connectivity index (χ0v) is 19.2. The third-order valence-electron chi connectivity index (χ3n) is 5.72. The van der Waals surface area contributed by atoms with E-state index < -0.39 is 0 Å². The summed E-state index contributed by atoms with van der Waals surface area (Å²) in [6, 6.07) is 28.2. The van der Waals surface area contributed by atoms with Gasteiger partial charge < -0.3 is 0 Å². The molecule has 4 rings (SSSR count). The van der Waals surface area contributed by atoms with Gasteiger partial charge in [0.1, 0.15) is 0 Å². The molecular formula is C30H30S. The van der Waals surface area contributed by atoms with Gasteiger partial charge in [0.25, 0.3) is 0 Å². The minimum Gasteiger partial charge on any atom is -0.135 e. The minimum atomic E-state index is 1.06. The van der Waals surface area contributed by atoms with Crippen molar-refractivity contribution in [2.45, 2.75) is 51.9 Å². The lowest BCUT2D eigenvalue weighted by Crippen LogP contribution is -1.87. The number of fused-ring (bicyclic) bond motifs is 1. The van der Waals surface area contributed by atoms with Gasteiger partial charge in [0.2, 0.25) is 0 Å². The standard InChI is InChI=1S/C30H30S/c1-2-3-4-5-6-7-10-24-13-15-25(16-14-24)17-18-26-19-21-27(22-20-26)30-23-28-11-8-9-12-29(28)31-30/h8-9,11-16,19-23H,2-7,10H2,1H3. The fourth-order valence-corrected chi connectivity index (χ4v) is 4.92. The van der Waals surface area contributed by atoms with E-state index in [1.807, 2.05) is 11.3 Å². The molecule has 0 aliphatic rings. The predicted molar refractivity (Wildman–Crippen MR) is 137 cm³/mol. The van der Waals surface area contributed by atoms with Crippen molar-refractivity contribution >= 4 is 21.4 Å². The van der Waals surface area contributed by atoms with E-state index in [9.17, 15) is 0 Å². The summed E-state index contributed by atoms with van der Waals surface area (Å²) in [6.07, 6.45) is 9.27. The van der Waals surface area contributed by atoms with E-state index in [2.05, 4.69) is 97.6 Å². The first kappa shape index (κ1) is 21.4. The van der Waals surface area contributed by atoms with Gasteiger partial charge in [0, 0.05) is 20.7 Å². The van der Waals surface area contributed by atoms with E-state index in [1.165, 1.54) is 71.0 Å². The van der Waals surface area contributed by atoms with Crippen LogP contribution in [-0.2, 0) is 6.42 Å². The maximum atomic E-state index is 3.31. The van der Waals surface area contributed by atoms with E-state index in [0.717, 1.165) is 11.1 Å². The second kappa shape index (κ2) is 11.0. The third-order valence-corrected chi connectivity index (χ3v) is 6.88. The highest BCUT2D eigenvalue weighted by Crippen LogP contribution is 2.33. The molecule has 156 valence electrons. The summed E-state index contributed by atoms with van der Waals surface area (Å²) in [4.78, 5) is 1.31. The first-order valence-electron chi connectivity index (χ1n) is 11.5. The van der Waals surface area contributed by atoms with Crippen LogP contribution in [-0.4, -0.2) is 0 Å². The Morgan fingerprint density at radius 2 is 1.32 bits per heavy atom. The van der Waals surface area contributed by atoms with Crippen molar-refractivity contribution in [3.8, 4) is 22.3 Å². The summed E-state index contributed by atoms with van der Waals surface area (Å²) in [5.74, 6) is 6.62. The maximum absolute atomic E-state index is 3.31. The molecule has 0 nitrogen and oxygen atoms in total. The van der Waals surface area contributed by atoms with Gasteiger partial charge in [-0.2, -0.15) is 0 Å². The van der Waals surface area contributed by atoms with E-state index in [1.54, 1.807) is 0 Å². The van der Waals surface area contributed by atoms with Gasteiger partial charge in [-0.15, -0.1) is 11.3 Å². The molecule has 0 saturated heterocycles. The van der Waals surface area contributed by atoms with Crippen molar-refractivity contribution in [3.05, 3.63) is 95.6 Å².